The van der Waals surface area contributed by atoms with Gasteiger partial charge in [-0.15, -0.1) is 11.3 Å². The maximum absolute atomic E-state index is 4.97. The monoisotopic (exact) mass is 454 g/mol. The maximum Gasteiger partial charge on any atom is 0.171 e. The Labute approximate surface area is 199 Å². The molecule has 7 rings (SSSR count). The van der Waals surface area contributed by atoms with Crippen molar-refractivity contribution in [2.45, 2.75) is 0 Å². The van der Waals surface area contributed by atoms with Crippen LogP contribution in [0.5, 0.6) is 0 Å². The molecule has 0 fully saturated rings. The van der Waals surface area contributed by atoms with Gasteiger partial charge >= 0.3 is 0 Å². The minimum Gasteiger partial charge on any atom is -0.292 e. The smallest absolute Gasteiger partial charge is 0.171 e. The molecule has 34 heavy (non-hydrogen) atoms. The predicted molar refractivity (Wildman–Crippen MR) is 140 cm³/mol. The number of imidazole rings is 1. The molecule has 0 aliphatic carbocycles. The molecule has 0 saturated heterocycles. The lowest BCUT2D eigenvalue weighted by molar-refractivity contribution is 1.11. The molecule has 5 heteroatoms. The topological polar surface area (TPSA) is 43.6 Å². The molecular weight excluding hydrogens is 436 g/mol. The van der Waals surface area contributed by atoms with Gasteiger partial charge in [0.05, 0.1) is 15.7 Å². The van der Waals surface area contributed by atoms with Gasteiger partial charge in [-0.2, -0.15) is 0 Å². The number of rotatable bonds is 3. The number of para-hydroxylation sites is 2. The molecule has 3 aromatic heterocycles. The fraction of sp³-hybridized carbons (Fsp3) is 0. The fourth-order valence-electron chi connectivity index (χ4n) is 4.48. The van der Waals surface area contributed by atoms with E-state index in [9.17, 15) is 0 Å². The van der Waals surface area contributed by atoms with Crippen LogP contribution in [0.25, 0.3) is 59.8 Å². The first-order valence-corrected chi connectivity index (χ1v) is 11.9. The van der Waals surface area contributed by atoms with Crippen LogP contribution in [0.4, 0.5) is 0 Å². The van der Waals surface area contributed by atoms with Crippen LogP contribution in [0, 0.1) is 0 Å². The van der Waals surface area contributed by atoms with Crippen LogP contribution >= 0.6 is 11.3 Å². The van der Waals surface area contributed by atoms with Crippen LogP contribution in [0.3, 0.4) is 0 Å². The molecule has 4 aromatic carbocycles. The third kappa shape index (κ3) is 3.02. The Kier molecular flexibility index (Phi) is 4.29. The van der Waals surface area contributed by atoms with Crippen molar-refractivity contribution in [2.24, 2.45) is 0 Å². The van der Waals surface area contributed by atoms with E-state index < -0.39 is 0 Å². The van der Waals surface area contributed by atoms with Crippen molar-refractivity contribution in [3.8, 4) is 27.6 Å². The number of fused-ring (bicyclic) bond motifs is 4. The van der Waals surface area contributed by atoms with Crippen molar-refractivity contribution in [3.63, 3.8) is 0 Å². The zero-order chi connectivity index (χ0) is 22.5. The zero-order valence-electron chi connectivity index (χ0n) is 18.1. The van der Waals surface area contributed by atoms with E-state index in [4.69, 9.17) is 15.0 Å². The van der Waals surface area contributed by atoms with Crippen molar-refractivity contribution in [1.82, 2.24) is 19.5 Å². The van der Waals surface area contributed by atoms with Crippen LogP contribution in [-0.2, 0) is 0 Å². The maximum atomic E-state index is 4.97. The summed E-state index contributed by atoms with van der Waals surface area (Å²) in [4.78, 5) is 14.5. The van der Waals surface area contributed by atoms with E-state index in [0.29, 0.717) is 0 Å². The second kappa shape index (κ2) is 7.61. The van der Waals surface area contributed by atoms with Gasteiger partial charge in [-0.1, -0.05) is 78.9 Å². The van der Waals surface area contributed by atoms with Crippen molar-refractivity contribution >= 4 is 43.5 Å². The number of hydrogen-bond donors (Lipinski definition) is 0. The third-order valence-electron chi connectivity index (χ3n) is 6.09. The van der Waals surface area contributed by atoms with E-state index in [2.05, 4.69) is 65.2 Å². The molecule has 0 aliphatic rings. The molecular formula is C29H18N4S. The summed E-state index contributed by atoms with van der Waals surface area (Å²) in [5.41, 5.74) is 6.12. The molecule has 0 bridgehead atoms. The molecule has 0 amide bonds. The lowest BCUT2D eigenvalue weighted by Gasteiger charge is -2.11. The predicted octanol–water partition coefficient (Wildman–Crippen LogP) is 7.52. The Morgan fingerprint density at radius 1 is 0.676 bits per heavy atom. The number of thiazole rings is 1. The van der Waals surface area contributed by atoms with E-state index in [-0.39, 0.29) is 0 Å². The number of hydrogen-bond acceptors (Lipinski definition) is 4. The van der Waals surface area contributed by atoms with Gasteiger partial charge in [-0.25, -0.2) is 15.0 Å². The summed E-state index contributed by atoms with van der Waals surface area (Å²) in [6.07, 6.45) is 1.93. The molecule has 0 saturated carbocycles. The Hall–Kier alpha value is -4.35. The lowest BCUT2D eigenvalue weighted by atomic mass is 10.1. The largest absolute Gasteiger partial charge is 0.292 e. The van der Waals surface area contributed by atoms with E-state index in [1.165, 1.54) is 5.39 Å². The number of benzene rings is 4. The average molecular weight is 455 g/mol. The second-order valence-electron chi connectivity index (χ2n) is 8.19. The molecule has 0 aliphatic heterocycles. The van der Waals surface area contributed by atoms with Crippen LogP contribution < -0.4 is 0 Å². The molecule has 0 unspecified atom stereocenters. The van der Waals surface area contributed by atoms with Crippen LogP contribution in [0.1, 0.15) is 0 Å². The molecule has 7 aromatic rings. The summed E-state index contributed by atoms with van der Waals surface area (Å²) in [6, 6.07) is 35.5. The number of aromatic nitrogens is 4. The van der Waals surface area contributed by atoms with Crippen molar-refractivity contribution in [1.29, 1.82) is 0 Å². The second-order valence-corrected chi connectivity index (χ2v) is 9.19. The Bertz CT molecular complexity index is 1800. The SMILES string of the molecule is c1ccc(-c2nc3ncc4cc(-n5c(-c6ccccc6)nc6ccccc65)ccc4c3s2)cc1. The average Bonchev–Trinajstić information content (AvgIpc) is 3.52. The first kappa shape index (κ1) is 19.1. The van der Waals surface area contributed by atoms with E-state index >= 15 is 0 Å². The highest BCUT2D eigenvalue weighted by Gasteiger charge is 2.16. The lowest BCUT2D eigenvalue weighted by Crippen LogP contribution is -1.97. The third-order valence-corrected chi connectivity index (χ3v) is 7.21. The van der Waals surface area contributed by atoms with Gasteiger partial charge in [0.2, 0.25) is 0 Å². The summed E-state index contributed by atoms with van der Waals surface area (Å²) in [5, 5.41) is 3.25. The summed E-state index contributed by atoms with van der Waals surface area (Å²) < 4.78 is 3.35. The van der Waals surface area contributed by atoms with E-state index in [1.54, 1.807) is 11.3 Å². The van der Waals surface area contributed by atoms with E-state index in [1.807, 2.05) is 48.7 Å². The standard InChI is InChI=1S/C29H18N4S/c1-3-9-19(10-4-1)28-31-24-13-7-8-14-25(24)33(28)22-15-16-23-21(17-22)18-30-27-26(23)34-29(32-27)20-11-5-2-6-12-20/h1-18H. The molecule has 0 radical (unpaired) electrons. The first-order chi connectivity index (χ1) is 16.8. The van der Waals surface area contributed by atoms with Gasteiger partial charge in [-0.3, -0.25) is 4.57 Å². The number of nitrogens with zero attached hydrogens (tertiary/aromatic N) is 4. The van der Waals surface area contributed by atoms with Crippen LogP contribution in [0.2, 0.25) is 0 Å². The van der Waals surface area contributed by atoms with E-state index in [0.717, 1.165) is 54.4 Å². The van der Waals surface area contributed by atoms with Crippen molar-refractivity contribution in [2.75, 3.05) is 0 Å². The Morgan fingerprint density at radius 3 is 2.24 bits per heavy atom. The summed E-state index contributed by atoms with van der Waals surface area (Å²) in [5.74, 6) is 0.930. The highest BCUT2D eigenvalue weighted by molar-refractivity contribution is 7.22. The fourth-order valence-corrected chi connectivity index (χ4v) is 5.55. The normalized spacial score (nSPS) is 11.5. The number of pyridine rings is 1. The molecule has 3 heterocycles. The molecule has 4 nitrogen and oxygen atoms in total. The van der Waals surface area contributed by atoms with Crippen LogP contribution in [-0.4, -0.2) is 19.5 Å². The highest BCUT2D eigenvalue weighted by Crippen LogP contribution is 2.36. The first-order valence-electron chi connectivity index (χ1n) is 11.1. The van der Waals surface area contributed by atoms with Gasteiger partial charge in [0.15, 0.2) is 5.65 Å². The minimum atomic E-state index is 0.794. The minimum absolute atomic E-state index is 0.794. The van der Waals surface area contributed by atoms with Crippen molar-refractivity contribution < 1.29 is 0 Å². The Balaban J connectivity index is 1.44. The van der Waals surface area contributed by atoms with Crippen molar-refractivity contribution in [3.05, 3.63) is 109 Å². The molecule has 0 N–H and O–H groups in total. The highest BCUT2D eigenvalue weighted by atomic mass is 32.1. The van der Waals surface area contributed by atoms with Gasteiger partial charge in [-0.05, 0) is 24.3 Å². The quantitative estimate of drug-likeness (QED) is 0.277. The molecule has 160 valence electrons. The Morgan fingerprint density at radius 2 is 1.41 bits per heavy atom. The molecule has 0 spiro atoms. The summed E-state index contributed by atoms with van der Waals surface area (Å²) in [6.45, 7) is 0. The van der Waals surface area contributed by atoms with Gasteiger partial charge in [0.25, 0.3) is 0 Å². The van der Waals surface area contributed by atoms with Crippen LogP contribution in [0.15, 0.2) is 109 Å². The van der Waals surface area contributed by atoms with Gasteiger partial charge < -0.3 is 0 Å². The molecule has 0 atom stereocenters. The van der Waals surface area contributed by atoms with Gasteiger partial charge in [0, 0.05) is 33.8 Å². The van der Waals surface area contributed by atoms with Gasteiger partial charge in [0.1, 0.15) is 10.8 Å². The summed E-state index contributed by atoms with van der Waals surface area (Å²) >= 11 is 1.69. The summed E-state index contributed by atoms with van der Waals surface area (Å²) in [7, 11) is 0. The zero-order valence-corrected chi connectivity index (χ0v) is 18.9.